The number of hydrogen-bond acceptors (Lipinski definition) is 4. The molecule has 0 atom stereocenters. The fourth-order valence-corrected chi connectivity index (χ4v) is 3.06. The molecule has 0 aliphatic rings. The quantitative estimate of drug-likeness (QED) is 0.639. The number of halogens is 1. The van der Waals surface area contributed by atoms with Crippen molar-refractivity contribution in [2.24, 2.45) is 0 Å². The predicted molar refractivity (Wildman–Crippen MR) is 110 cm³/mol. The first-order valence-electron chi connectivity index (χ1n) is 9.16. The van der Waals surface area contributed by atoms with Gasteiger partial charge in [0.2, 0.25) is 5.91 Å². The first-order valence-corrected chi connectivity index (χ1v) is 9.54. The predicted octanol–water partition coefficient (Wildman–Crippen LogP) is 3.32. The summed E-state index contributed by atoms with van der Waals surface area (Å²) in [6.45, 7) is 4.00. The van der Waals surface area contributed by atoms with Gasteiger partial charge in [0.1, 0.15) is 6.54 Å². The Morgan fingerprint density at radius 2 is 1.93 bits per heavy atom. The van der Waals surface area contributed by atoms with Gasteiger partial charge in [0, 0.05) is 28.8 Å². The molecule has 0 radical (unpaired) electrons. The first kappa shape index (κ1) is 20.0. The Morgan fingerprint density at radius 1 is 1.18 bits per heavy atom. The second-order valence-electron chi connectivity index (χ2n) is 6.82. The van der Waals surface area contributed by atoms with Crippen molar-refractivity contribution in [3.8, 4) is 22.8 Å². The number of nitrogens with zero attached hydrogens (tertiary/aromatic N) is 3. The van der Waals surface area contributed by atoms with Gasteiger partial charge in [0.15, 0.2) is 11.6 Å². The van der Waals surface area contributed by atoms with E-state index in [-0.39, 0.29) is 25.1 Å². The number of carbonyl (C=O) groups is 1. The number of aliphatic hydroxyl groups excluding tert-OH is 1. The normalized spacial score (nSPS) is 11.0. The van der Waals surface area contributed by atoms with Gasteiger partial charge in [-0.25, -0.2) is 9.67 Å². The number of carbonyl (C=O) groups excluding carboxylic acids is 1. The molecule has 6 nitrogen and oxygen atoms in total. The molecule has 0 saturated heterocycles. The van der Waals surface area contributed by atoms with Gasteiger partial charge in [-0.05, 0) is 38.0 Å². The van der Waals surface area contributed by atoms with E-state index in [1.54, 1.807) is 16.8 Å². The van der Waals surface area contributed by atoms with Gasteiger partial charge in [-0.3, -0.25) is 4.79 Å². The minimum absolute atomic E-state index is 0.0455. The van der Waals surface area contributed by atoms with E-state index in [0.717, 1.165) is 16.7 Å². The van der Waals surface area contributed by atoms with Crippen molar-refractivity contribution in [2.45, 2.75) is 32.9 Å². The lowest BCUT2D eigenvalue weighted by Gasteiger charge is -2.09. The number of aromatic nitrogens is 3. The second-order valence-corrected chi connectivity index (χ2v) is 7.26. The molecule has 0 spiro atoms. The Morgan fingerprint density at radius 3 is 2.57 bits per heavy atom. The lowest BCUT2D eigenvalue weighted by atomic mass is 10.1. The average molecular weight is 399 g/mol. The molecule has 1 aromatic heterocycles. The highest BCUT2D eigenvalue weighted by Gasteiger charge is 2.16. The number of hydrogen-bond donors (Lipinski definition) is 2. The number of rotatable bonds is 7. The van der Waals surface area contributed by atoms with Crippen molar-refractivity contribution in [2.75, 3.05) is 6.61 Å². The van der Waals surface area contributed by atoms with Gasteiger partial charge in [-0.15, -0.1) is 5.10 Å². The monoisotopic (exact) mass is 398 g/mol. The van der Waals surface area contributed by atoms with Gasteiger partial charge in [0.05, 0.1) is 0 Å². The summed E-state index contributed by atoms with van der Waals surface area (Å²) in [5.74, 6) is 0.978. The molecule has 0 bridgehead atoms. The summed E-state index contributed by atoms with van der Waals surface area (Å²) in [6.07, 6.45) is 0.602. The zero-order valence-electron chi connectivity index (χ0n) is 15.9. The minimum atomic E-state index is -0.131. The van der Waals surface area contributed by atoms with Crippen molar-refractivity contribution >= 4 is 17.5 Å². The maximum absolute atomic E-state index is 12.3. The van der Waals surface area contributed by atoms with Crippen LogP contribution in [0, 0.1) is 0 Å². The number of amides is 1. The van der Waals surface area contributed by atoms with E-state index in [2.05, 4.69) is 15.4 Å². The van der Waals surface area contributed by atoms with Crippen LogP contribution < -0.4 is 5.32 Å². The van der Waals surface area contributed by atoms with Gasteiger partial charge in [-0.1, -0.05) is 48.0 Å². The Hall–Kier alpha value is -2.70. The molecule has 0 fully saturated rings. The van der Waals surface area contributed by atoms with Gasteiger partial charge in [-0.2, -0.15) is 0 Å². The van der Waals surface area contributed by atoms with Crippen LogP contribution in [0.2, 0.25) is 5.02 Å². The van der Waals surface area contributed by atoms with E-state index in [9.17, 15) is 4.79 Å². The minimum Gasteiger partial charge on any atom is -0.396 e. The molecule has 0 aliphatic carbocycles. The zero-order chi connectivity index (χ0) is 20.1. The summed E-state index contributed by atoms with van der Waals surface area (Å²) in [5, 5.41) is 17.1. The standard InChI is InChI=1S/C21H23ClN4O2/c1-14(2)23-19(28)13-26-21(17-4-3-5-18(22)12-17)24-20(25-26)16-8-6-15(7-9-16)10-11-27/h3-9,12,14,27H,10-11,13H2,1-2H3,(H,23,28). The van der Waals surface area contributed by atoms with E-state index in [1.165, 1.54) is 0 Å². The van der Waals surface area contributed by atoms with Crippen LogP contribution in [0.4, 0.5) is 0 Å². The number of aliphatic hydroxyl groups is 1. The third-order valence-corrected chi connectivity index (χ3v) is 4.35. The highest BCUT2D eigenvalue weighted by molar-refractivity contribution is 6.30. The molecule has 3 rings (SSSR count). The van der Waals surface area contributed by atoms with Crippen LogP contribution in [0.3, 0.4) is 0 Å². The molecule has 1 amide bonds. The van der Waals surface area contributed by atoms with Crippen molar-refractivity contribution in [1.82, 2.24) is 20.1 Å². The highest BCUT2D eigenvalue weighted by atomic mass is 35.5. The SMILES string of the molecule is CC(C)NC(=O)Cn1nc(-c2ccc(CCO)cc2)nc1-c1cccc(Cl)c1. The zero-order valence-corrected chi connectivity index (χ0v) is 16.6. The first-order chi connectivity index (χ1) is 13.5. The number of benzene rings is 2. The summed E-state index contributed by atoms with van der Waals surface area (Å²) >= 11 is 6.14. The molecule has 1 heterocycles. The fourth-order valence-electron chi connectivity index (χ4n) is 2.87. The number of nitrogens with one attached hydrogen (secondary N) is 1. The molecular formula is C21H23ClN4O2. The third kappa shape index (κ3) is 4.97. The molecule has 2 aromatic carbocycles. The van der Waals surface area contributed by atoms with Crippen LogP contribution in [0.1, 0.15) is 19.4 Å². The van der Waals surface area contributed by atoms with E-state index < -0.39 is 0 Å². The molecule has 7 heteroatoms. The molecule has 0 saturated carbocycles. The van der Waals surface area contributed by atoms with Crippen LogP contribution in [0.25, 0.3) is 22.8 Å². The maximum Gasteiger partial charge on any atom is 0.242 e. The van der Waals surface area contributed by atoms with Crippen LogP contribution in [0.5, 0.6) is 0 Å². The lowest BCUT2D eigenvalue weighted by molar-refractivity contribution is -0.122. The smallest absolute Gasteiger partial charge is 0.242 e. The topological polar surface area (TPSA) is 80.0 Å². The van der Waals surface area contributed by atoms with Crippen LogP contribution in [0.15, 0.2) is 48.5 Å². The van der Waals surface area contributed by atoms with Gasteiger partial charge in [0.25, 0.3) is 0 Å². The lowest BCUT2D eigenvalue weighted by Crippen LogP contribution is -2.33. The van der Waals surface area contributed by atoms with Crippen molar-refractivity contribution in [1.29, 1.82) is 0 Å². The molecule has 28 heavy (non-hydrogen) atoms. The van der Waals surface area contributed by atoms with Crippen LogP contribution >= 0.6 is 11.6 Å². The van der Waals surface area contributed by atoms with Gasteiger partial charge >= 0.3 is 0 Å². The Balaban J connectivity index is 1.98. The van der Waals surface area contributed by atoms with Gasteiger partial charge < -0.3 is 10.4 Å². The summed E-state index contributed by atoms with van der Waals surface area (Å²) in [4.78, 5) is 16.9. The summed E-state index contributed by atoms with van der Waals surface area (Å²) < 4.78 is 1.60. The van der Waals surface area contributed by atoms with Crippen molar-refractivity contribution < 1.29 is 9.90 Å². The summed E-state index contributed by atoms with van der Waals surface area (Å²) in [6, 6.07) is 15.1. The average Bonchev–Trinajstić information content (AvgIpc) is 3.05. The van der Waals surface area contributed by atoms with Crippen LogP contribution in [-0.2, 0) is 17.8 Å². The molecule has 0 aliphatic heterocycles. The van der Waals surface area contributed by atoms with E-state index in [0.29, 0.717) is 23.1 Å². The Kier molecular flexibility index (Phi) is 6.44. The Labute approximate surface area is 169 Å². The molecule has 3 aromatic rings. The maximum atomic E-state index is 12.3. The second kappa shape index (κ2) is 8.99. The van der Waals surface area contributed by atoms with Crippen molar-refractivity contribution in [3.63, 3.8) is 0 Å². The third-order valence-electron chi connectivity index (χ3n) is 4.11. The molecule has 2 N–H and O–H groups in total. The molecule has 146 valence electrons. The summed E-state index contributed by atoms with van der Waals surface area (Å²) in [5.41, 5.74) is 2.67. The van der Waals surface area contributed by atoms with E-state index >= 15 is 0 Å². The highest BCUT2D eigenvalue weighted by Crippen LogP contribution is 2.25. The van der Waals surface area contributed by atoms with E-state index in [4.69, 9.17) is 16.7 Å². The summed E-state index contributed by atoms with van der Waals surface area (Å²) in [7, 11) is 0. The Bertz CT molecular complexity index is 951. The molecule has 0 unspecified atom stereocenters. The van der Waals surface area contributed by atoms with E-state index in [1.807, 2.05) is 50.2 Å². The largest absolute Gasteiger partial charge is 0.396 e. The fraction of sp³-hybridized carbons (Fsp3) is 0.286. The molecular weight excluding hydrogens is 376 g/mol. The van der Waals surface area contributed by atoms with Crippen molar-refractivity contribution in [3.05, 3.63) is 59.1 Å². The van der Waals surface area contributed by atoms with Crippen LogP contribution in [-0.4, -0.2) is 38.4 Å².